The zero-order valence-corrected chi connectivity index (χ0v) is 17.6. The number of benzene rings is 3. The van der Waals surface area contributed by atoms with Crippen LogP contribution in [0.5, 0.6) is 0 Å². The highest BCUT2D eigenvalue weighted by atomic mass is 35.5. The predicted molar refractivity (Wildman–Crippen MR) is 119 cm³/mol. The van der Waals surface area contributed by atoms with Gasteiger partial charge < -0.3 is 4.57 Å². The summed E-state index contributed by atoms with van der Waals surface area (Å²) < 4.78 is 2.01. The van der Waals surface area contributed by atoms with Crippen molar-refractivity contribution >= 4 is 46.4 Å². The molecule has 0 amide bonds. The molecular weight excluding hydrogens is 434 g/mol. The third-order valence-corrected chi connectivity index (χ3v) is 5.58. The lowest BCUT2D eigenvalue weighted by molar-refractivity contribution is 0.799. The van der Waals surface area contributed by atoms with Crippen molar-refractivity contribution in [3.05, 3.63) is 99.0 Å². The lowest BCUT2D eigenvalue weighted by atomic mass is 9.94. The number of nitrogens with zero attached hydrogens (tertiary/aromatic N) is 2. The fourth-order valence-electron chi connectivity index (χ4n) is 3.14. The Balaban J connectivity index is 1.88. The second kappa shape index (κ2) is 8.18. The molecule has 0 aliphatic rings. The molecule has 0 unspecified atom stereocenters. The molecule has 0 fully saturated rings. The molecule has 0 bridgehead atoms. The Morgan fingerprint density at radius 1 is 0.714 bits per heavy atom. The maximum absolute atomic E-state index is 6.52. The average Bonchev–Trinajstić information content (AvgIpc) is 3.16. The van der Waals surface area contributed by atoms with E-state index in [0.717, 1.165) is 27.8 Å². The van der Waals surface area contributed by atoms with Crippen LogP contribution < -0.4 is 0 Å². The lowest BCUT2D eigenvalue weighted by Crippen LogP contribution is -2.00. The number of halogens is 4. The van der Waals surface area contributed by atoms with Crippen LogP contribution in [0.25, 0.3) is 22.3 Å². The number of imidazole rings is 1. The van der Waals surface area contributed by atoms with Gasteiger partial charge >= 0.3 is 0 Å². The van der Waals surface area contributed by atoms with Gasteiger partial charge in [-0.15, -0.1) is 0 Å². The fourth-order valence-corrected chi connectivity index (χ4v) is 4.17. The minimum atomic E-state index is 0.596. The van der Waals surface area contributed by atoms with Crippen molar-refractivity contribution in [3.63, 3.8) is 0 Å². The minimum absolute atomic E-state index is 0.596. The standard InChI is InChI=1S/C22H14Cl4N2/c23-16-3-5-18(21(25)10-16)14-1-2-15(12-28-8-7-27-13-28)20(9-14)19-6-4-17(24)11-22(19)26/h1-11,13H,12H2. The number of hydrogen-bond acceptors (Lipinski definition) is 1. The van der Waals surface area contributed by atoms with E-state index >= 15 is 0 Å². The Morgan fingerprint density at radius 2 is 1.39 bits per heavy atom. The number of aromatic nitrogens is 2. The zero-order valence-electron chi connectivity index (χ0n) is 14.5. The second-order valence-electron chi connectivity index (χ2n) is 6.36. The molecule has 6 heteroatoms. The molecule has 4 aromatic rings. The first-order valence-corrected chi connectivity index (χ1v) is 10.0. The summed E-state index contributed by atoms with van der Waals surface area (Å²) in [5, 5.41) is 2.40. The monoisotopic (exact) mass is 446 g/mol. The van der Waals surface area contributed by atoms with Gasteiger partial charge in [0.2, 0.25) is 0 Å². The average molecular weight is 448 g/mol. The lowest BCUT2D eigenvalue weighted by Gasteiger charge is -2.15. The van der Waals surface area contributed by atoms with Gasteiger partial charge in [0.25, 0.3) is 0 Å². The first kappa shape index (κ1) is 19.4. The van der Waals surface area contributed by atoms with Crippen molar-refractivity contribution in [2.75, 3.05) is 0 Å². The molecule has 0 saturated carbocycles. The zero-order chi connectivity index (χ0) is 19.7. The van der Waals surface area contributed by atoms with Crippen LogP contribution in [0.3, 0.4) is 0 Å². The summed E-state index contributed by atoms with van der Waals surface area (Å²) >= 11 is 25.1. The first-order chi connectivity index (χ1) is 13.5. The van der Waals surface area contributed by atoms with Gasteiger partial charge in [-0.2, -0.15) is 0 Å². The molecule has 3 aromatic carbocycles. The molecule has 0 spiro atoms. The van der Waals surface area contributed by atoms with Crippen LogP contribution in [0.15, 0.2) is 73.3 Å². The highest BCUT2D eigenvalue weighted by molar-refractivity contribution is 6.37. The molecule has 0 saturated heterocycles. The Kier molecular flexibility index (Phi) is 5.65. The molecule has 0 aliphatic heterocycles. The Bertz CT molecular complexity index is 1140. The van der Waals surface area contributed by atoms with Crippen molar-refractivity contribution < 1.29 is 0 Å². The maximum Gasteiger partial charge on any atom is 0.0949 e. The molecule has 2 nitrogen and oxygen atoms in total. The maximum atomic E-state index is 6.52. The molecule has 28 heavy (non-hydrogen) atoms. The number of hydrogen-bond donors (Lipinski definition) is 0. The molecule has 0 N–H and O–H groups in total. The Morgan fingerprint density at radius 3 is 2.00 bits per heavy atom. The van der Waals surface area contributed by atoms with Gasteiger partial charge in [-0.25, -0.2) is 4.98 Å². The third-order valence-electron chi connectivity index (χ3n) is 4.49. The van der Waals surface area contributed by atoms with E-state index < -0.39 is 0 Å². The summed E-state index contributed by atoms with van der Waals surface area (Å²) in [5.41, 5.74) is 4.92. The molecule has 0 aliphatic carbocycles. The van der Waals surface area contributed by atoms with Gasteiger partial charge in [-0.1, -0.05) is 70.7 Å². The SMILES string of the molecule is Clc1ccc(-c2ccc(Cn3ccnc3)c(-c3ccc(Cl)cc3Cl)c2)c(Cl)c1. The highest BCUT2D eigenvalue weighted by Crippen LogP contribution is 2.37. The van der Waals surface area contributed by atoms with Gasteiger partial charge in [0, 0.05) is 50.2 Å². The van der Waals surface area contributed by atoms with E-state index in [0.29, 0.717) is 26.6 Å². The van der Waals surface area contributed by atoms with Crippen LogP contribution in [0.2, 0.25) is 20.1 Å². The number of rotatable bonds is 4. The smallest absolute Gasteiger partial charge is 0.0949 e. The van der Waals surface area contributed by atoms with Gasteiger partial charge in [-0.3, -0.25) is 0 Å². The van der Waals surface area contributed by atoms with Crippen molar-refractivity contribution in [1.29, 1.82) is 0 Å². The summed E-state index contributed by atoms with van der Waals surface area (Å²) in [7, 11) is 0. The predicted octanol–water partition coefficient (Wildman–Crippen LogP) is 7.88. The summed E-state index contributed by atoms with van der Waals surface area (Å²) in [6.07, 6.45) is 5.48. The van der Waals surface area contributed by atoms with E-state index in [9.17, 15) is 0 Å². The van der Waals surface area contributed by atoms with Crippen molar-refractivity contribution in [2.45, 2.75) is 6.54 Å². The summed E-state index contributed by atoms with van der Waals surface area (Å²) in [4.78, 5) is 4.12. The van der Waals surface area contributed by atoms with E-state index in [1.54, 1.807) is 24.7 Å². The Hall–Kier alpha value is -1.97. The van der Waals surface area contributed by atoms with Gasteiger partial charge in [-0.05, 0) is 47.0 Å². The summed E-state index contributed by atoms with van der Waals surface area (Å²) in [6, 6.07) is 17.2. The molecule has 140 valence electrons. The highest BCUT2D eigenvalue weighted by Gasteiger charge is 2.13. The van der Waals surface area contributed by atoms with Crippen molar-refractivity contribution in [2.24, 2.45) is 0 Å². The third kappa shape index (κ3) is 4.06. The normalized spacial score (nSPS) is 11.0. The fraction of sp³-hybridized carbons (Fsp3) is 0.0455. The van der Waals surface area contributed by atoms with Crippen LogP contribution >= 0.6 is 46.4 Å². The topological polar surface area (TPSA) is 17.8 Å². The molecule has 1 heterocycles. The van der Waals surface area contributed by atoms with Crippen molar-refractivity contribution in [3.8, 4) is 22.3 Å². The van der Waals surface area contributed by atoms with E-state index in [4.69, 9.17) is 46.4 Å². The molecule has 4 rings (SSSR count). The largest absolute Gasteiger partial charge is 0.333 e. The van der Waals surface area contributed by atoms with Crippen molar-refractivity contribution in [1.82, 2.24) is 9.55 Å². The van der Waals surface area contributed by atoms with Crippen LogP contribution in [-0.2, 0) is 6.54 Å². The van der Waals surface area contributed by atoms with Crippen LogP contribution in [0, 0.1) is 0 Å². The molecule has 1 aromatic heterocycles. The molecule has 0 radical (unpaired) electrons. The Labute approximate surface area is 183 Å². The van der Waals surface area contributed by atoms with E-state index in [1.165, 1.54) is 0 Å². The minimum Gasteiger partial charge on any atom is -0.333 e. The van der Waals surface area contributed by atoms with E-state index in [-0.39, 0.29) is 0 Å². The first-order valence-electron chi connectivity index (χ1n) is 8.51. The van der Waals surface area contributed by atoms with Crippen LogP contribution in [0.4, 0.5) is 0 Å². The second-order valence-corrected chi connectivity index (χ2v) is 8.04. The van der Waals surface area contributed by atoms with Crippen LogP contribution in [-0.4, -0.2) is 9.55 Å². The summed E-state index contributed by atoms with van der Waals surface area (Å²) in [5.74, 6) is 0. The molecular formula is C22H14Cl4N2. The quantitative estimate of drug-likeness (QED) is 0.311. The van der Waals surface area contributed by atoms with Crippen LogP contribution in [0.1, 0.15) is 5.56 Å². The van der Waals surface area contributed by atoms with E-state index in [2.05, 4.69) is 23.2 Å². The van der Waals surface area contributed by atoms with Gasteiger partial charge in [0.1, 0.15) is 0 Å². The molecule has 0 atom stereocenters. The summed E-state index contributed by atoms with van der Waals surface area (Å²) in [6.45, 7) is 0.670. The van der Waals surface area contributed by atoms with Gasteiger partial charge in [0.05, 0.1) is 6.33 Å². The van der Waals surface area contributed by atoms with E-state index in [1.807, 2.05) is 35.0 Å². The van der Waals surface area contributed by atoms with Gasteiger partial charge in [0.15, 0.2) is 0 Å².